The van der Waals surface area contributed by atoms with Crippen LogP contribution >= 0.6 is 0 Å². The highest BCUT2D eigenvalue weighted by atomic mass is 16.5. The molecule has 39 heavy (non-hydrogen) atoms. The summed E-state index contributed by atoms with van der Waals surface area (Å²) in [6, 6.07) is 17.4. The van der Waals surface area contributed by atoms with Crippen molar-refractivity contribution in [2.75, 3.05) is 6.54 Å². The Morgan fingerprint density at radius 1 is 1.13 bits per heavy atom. The van der Waals surface area contributed by atoms with Crippen LogP contribution in [-0.4, -0.2) is 43.1 Å². The maximum Gasteiger partial charge on any atom is 0.304 e. The zero-order chi connectivity index (χ0) is 27.5. The quantitative estimate of drug-likeness (QED) is 0.353. The molecule has 4 aromatic rings. The highest BCUT2D eigenvalue weighted by molar-refractivity contribution is 5.80. The van der Waals surface area contributed by atoms with Crippen molar-refractivity contribution in [2.45, 2.75) is 71.1 Å². The lowest BCUT2D eigenvalue weighted by molar-refractivity contribution is -0.137. The third-order valence-electron chi connectivity index (χ3n) is 8.46. The monoisotopic (exact) mass is 524 g/mol. The average Bonchev–Trinajstić information content (AvgIpc) is 3.43. The van der Waals surface area contributed by atoms with E-state index in [1.54, 1.807) is 4.68 Å². The zero-order valence-electron chi connectivity index (χ0n) is 23.4. The summed E-state index contributed by atoms with van der Waals surface area (Å²) >= 11 is 0. The molecule has 2 atom stereocenters. The first-order valence-corrected chi connectivity index (χ1v) is 13.8. The molecule has 0 fully saturated rings. The highest BCUT2D eigenvalue weighted by Crippen LogP contribution is 2.43. The number of nitrogens with zero attached hydrogens (tertiary/aromatic N) is 4. The van der Waals surface area contributed by atoms with Crippen molar-refractivity contribution in [3.05, 3.63) is 87.5 Å². The molecule has 1 aliphatic heterocycles. The van der Waals surface area contributed by atoms with Gasteiger partial charge in [0, 0.05) is 37.7 Å². The second kappa shape index (κ2) is 9.49. The summed E-state index contributed by atoms with van der Waals surface area (Å²) in [4.78, 5) is 14.6. The third-order valence-corrected chi connectivity index (χ3v) is 8.46. The van der Waals surface area contributed by atoms with Crippen molar-refractivity contribution in [2.24, 2.45) is 7.05 Å². The molecule has 7 heteroatoms. The number of hydrogen-bond donors (Lipinski definition) is 1. The molecule has 6 rings (SSSR count). The van der Waals surface area contributed by atoms with E-state index in [0.29, 0.717) is 0 Å². The number of carboxylic acids is 1. The Hall–Kier alpha value is -3.71. The topological polar surface area (TPSA) is 80.5 Å². The molecule has 0 radical (unpaired) electrons. The molecule has 0 spiro atoms. The number of benzene rings is 3. The van der Waals surface area contributed by atoms with E-state index in [1.165, 1.54) is 22.3 Å². The number of hydrogen-bond acceptors (Lipinski definition) is 5. The summed E-state index contributed by atoms with van der Waals surface area (Å²) in [5.74, 6) is -0.104. The first kappa shape index (κ1) is 25.6. The third kappa shape index (κ3) is 4.69. The van der Waals surface area contributed by atoms with E-state index in [9.17, 15) is 9.90 Å². The second-order valence-corrected chi connectivity index (χ2v) is 11.9. The molecule has 0 saturated heterocycles. The van der Waals surface area contributed by atoms with Crippen molar-refractivity contribution < 1.29 is 14.6 Å². The number of ether oxygens (including phenoxy) is 1. The van der Waals surface area contributed by atoms with Gasteiger partial charge in [0.25, 0.3) is 0 Å². The molecule has 2 aliphatic rings. The van der Waals surface area contributed by atoms with E-state index in [4.69, 9.17) is 4.74 Å². The van der Waals surface area contributed by atoms with Gasteiger partial charge in [-0.15, -0.1) is 5.10 Å². The molecule has 2 unspecified atom stereocenters. The predicted octanol–water partition coefficient (Wildman–Crippen LogP) is 5.85. The Kier molecular flexibility index (Phi) is 6.22. The lowest BCUT2D eigenvalue weighted by Crippen LogP contribution is -2.41. The Bertz CT molecular complexity index is 1590. The minimum absolute atomic E-state index is 0.0212. The summed E-state index contributed by atoms with van der Waals surface area (Å²) in [6.07, 6.45) is 2.09. The molecule has 0 saturated carbocycles. The predicted molar refractivity (Wildman–Crippen MR) is 151 cm³/mol. The van der Waals surface area contributed by atoms with Gasteiger partial charge in [-0.2, -0.15) is 0 Å². The van der Waals surface area contributed by atoms with Gasteiger partial charge in [0.2, 0.25) is 0 Å². The van der Waals surface area contributed by atoms with E-state index >= 15 is 0 Å². The van der Waals surface area contributed by atoms with Crippen molar-refractivity contribution in [1.82, 2.24) is 19.9 Å². The fourth-order valence-electron chi connectivity index (χ4n) is 6.60. The van der Waals surface area contributed by atoms with Crippen LogP contribution in [0.25, 0.3) is 11.0 Å². The summed E-state index contributed by atoms with van der Waals surface area (Å²) in [5, 5.41) is 18.4. The SMILES string of the molecule is Cc1ccc2c(c1)OC(C)(C)CN(C1CCc3ccc(C(CC(=O)O)c4ccc5c(nnn5C)c4C)cc31)C2. The summed E-state index contributed by atoms with van der Waals surface area (Å²) < 4.78 is 8.25. The van der Waals surface area contributed by atoms with Crippen LogP contribution in [-0.2, 0) is 24.8 Å². The van der Waals surface area contributed by atoms with Gasteiger partial charge in [0.15, 0.2) is 0 Å². The van der Waals surface area contributed by atoms with Crippen LogP contribution in [0, 0.1) is 13.8 Å². The zero-order valence-corrected chi connectivity index (χ0v) is 23.4. The van der Waals surface area contributed by atoms with Gasteiger partial charge in [-0.1, -0.05) is 41.6 Å². The smallest absolute Gasteiger partial charge is 0.304 e. The molecule has 1 aromatic heterocycles. The molecule has 0 amide bonds. The van der Waals surface area contributed by atoms with E-state index in [-0.39, 0.29) is 24.0 Å². The minimum Gasteiger partial charge on any atom is -0.486 e. The Balaban J connectivity index is 1.39. The maximum absolute atomic E-state index is 12.1. The van der Waals surface area contributed by atoms with Crippen molar-refractivity contribution >= 4 is 17.0 Å². The van der Waals surface area contributed by atoms with Gasteiger partial charge < -0.3 is 9.84 Å². The van der Waals surface area contributed by atoms with Crippen LogP contribution < -0.4 is 4.74 Å². The summed E-state index contributed by atoms with van der Waals surface area (Å²) in [7, 11) is 1.87. The molecule has 202 valence electrons. The van der Waals surface area contributed by atoms with Gasteiger partial charge in [-0.05, 0) is 86.1 Å². The number of aliphatic carboxylic acids is 1. The molecule has 0 bridgehead atoms. The van der Waals surface area contributed by atoms with Gasteiger partial charge in [0.05, 0.1) is 11.9 Å². The number of aromatic nitrogens is 3. The van der Waals surface area contributed by atoms with Crippen LogP contribution in [0.5, 0.6) is 5.75 Å². The van der Waals surface area contributed by atoms with Gasteiger partial charge in [-0.3, -0.25) is 9.69 Å². The van der Waals surface area contributed by atoms with E-state index < -0.39 is 5.97 Å². The average molecular weight is 525 g/mol. The minimum atomic E-state index is -0.811. The Morgan fingerprint density at radius 3 is 2.72 bits per heavy atom. The lowest BCUT2D eigenvalue weighted by Gasteiger charge is -2.34. The molecular formula is C32H36N4O3. The standard InChI is InChI=1S/C32H36N4O3/c1-19-6-7-23-17-36(18-32(3,4)39-29(23)14-19)27-12-10-21-8-9-22(15-26(21)27)25(16-30(37)38)24-11-13-28-31(20(24)2)33-34-35(28)5/h6-9,11,13-15,25,27H,10,12,16-18H2,1-5H3,(H,37,38). The first-order chi connectivity index (χ1) is 18.6. The van der Waals surface area contributed by atoms with E-state index in [0.717, 1.165) is 59.4 Å². The van der Waals surface area contributed by atoms with Crippen LogP contribution in [0.1, 0.15) is 77.6 Å². The Morgan fingerprint density at radius 2 is 1.92 bits per heavy atom. The van der Waals surface area contributed by atoms with E-state index in [1.807, 2.05) is 26.1 Å². The molecule has 3 aromatic carbocycles. The number of rotatable bonds is 5. The molecular weight excluding hydrogens is 488 g/mol. The largest absolute Gasteiger partial charge is 0.486 e. The van der Waals surface area contributed by atoms with Crippen LogP contribution in [0.3, 0.4) is 0 Å². The molecule has 7 nitrogen and oxygen atoms in total. The second-order valence-electron chi connectivity index (χ2n) is 11.9. The summed E-state index contributed by atoms with van der Waals surface area (Å²) in [5.41, 5.74) is 9.55. The first-order valence-electron chi connectivity index (χ1n) is 13.8. The molecule has 1 aliphatic carbocycles. The van der Waals surface area contributed by atoms with Crippen molar-refractivity contribution in [1.29, 1.82) is 0 Å². The van der Waals surface area contributed by atoms with E-state index in [2.05, 4.69) is 72.4 Å². The lowest BCUT2D eigenvalue weighted by atomic mass is 9.84. The number of fused-ring (bicyclic) bond motifs is 3. The van der Waals surface area contributed by atoms with Gasteiger partial charge in [-0.25, -0.2) is 4.68 Å². The number of carboxylic acid groups (broad SMARTS) is 1. The maximum atomic E-state index is 12.1. The fraction of sp³-hybridized carbons (Fsp3) is 0.406. The Labute approximate surface area is 229 Å². The van der Waals surface area contributed by atoms with Crippen LogP contribution in [0.15, 0.2) is 48.5 Å². The molecule has 2 heterocycles. The normalized spacial score (nSPS) is 19.3. The van der Waals surface area contributed by atoms with Crippen LogP contribution in [0.4, 0.5) is 0 Å². The highest BCUT2D eigenvalue weighted by Gasteiger charge is 2.36. The number of aryl methyl sites for hydroxylation is 4. The van der Waals surface area contributed by atoms with Crippen molar-refractivity contribution in [3.8, 4) is 5.75 Å². The van der Waals surface area contributed by atoms with Crippen LogP contribution in [0.2, 0.25) is 0 Å². The van der Waals surface area contributed by atoms with Gasteiger partial charge in [0.1, 0.15) is 16.9 Å². The molecule has 1 N–H and O–H groups in total. The fourth-order valence-corrected chi connectivity index (χ4v) is 6.60. The van der Waals surface area contributed by atoms with Crippen molar-refractivity contribution in [3.63, 3.8) is 0 Å². The number of carbonyl (C=O) groups is 1. The van der Waals surface area contributed by atoms with Gasteiger partial charge >= 0.3 is 5.97 Å². The summed E-state index contributed by atoms with van der Waals surface area (Å²) in [6.45, 7) is 10.1.